The van der Waals surface area contributed by atoms with Crippen LogP contribution < -0.4 is 4.74 Å². The molecule has 0 saturated carbocycles. The normalized spacial score (nSPS) is 23.1. The molecule has 0 amide bonds. The fourth-order valence-electron chi connectivity index (χ4n) is 4.28. The lowest BCUT2D eigenvalue weighted by molar-refractivity contribution is -0.0921. The molecule has 0 aromatic heterocycles. The van der Waals surface area contributed by atoms with Gasteiger partial charge in [0, 0.05) is 16.7 Å². The summed E-state index contributed by atoms with van der Waals surface area (Å²) in [6.07, 6.45) is -0.987. The molecule has 7 nitrogen and oxygen atoms in total. The number of hydrogen-bond donors (Lipinski definition) is 4. The Kier molecular flexibility index (Phi) is 3.99. The van der Waals surface area contributed by atoms with Crippen LogP contribution in [0, 0.1) is 0 Å². The Morgan fingerprint density at radius 3 is 2.43 bits per heavy atom. The zero-order valence-corrected chi connectivity index (χ0v) is 15.4. The van der Waals surface area contributed by atoms with E-state index in [-0.39, 0.29) is 58.4 Å². The SMILES string of the molecule is CC[C@@]1(O)CCc2c(O)c3c(c(O)c2[C@H]1O)C(=O)c1cccc(OC)c1C3=O. The molecule has 2 aromatic carbocycles. The van der Waals surface area contributed by atoms with Crippen LogP contribution in [0.15, 0.2) is 18.2 Å². The Morgan fingerprint density at radius 2 is 1.79 bits per heavy atom. The third-order valence-electron chi connectivity index (χ3n) is 5.96. The number of aromatic hydroxyl groups is 2. The molecule has 2 aliphatic carbocycles. The molecule has 28 heavy (non-hydrogen) atoms. The predicted molar refractivity (Wildman–Crippen MR) is 98.2 cm³/mol. The van der Waals surface area contributed by atoms with Crippen molar-refractivity contribution in [1.82, 2.24) is 0 Å². The molecular weight excluding hydrogens is 364 g/mol. The number of methoxy groups -OCH3 is 1. The molecule has 2 atom stereocenters. The van der Waals surface area contributed by atoms with Crippen LogP contribution in [0.25, 0.3) is 0 Å². The summed E-state index contributed by atoms with van der Waals surface area (Å²) in [6, 6.07) is 4.53. The molecule has 2 aliphatic rings. The maximum Gasteiger partial charge on any atom is 0.202 e. The average molecular weight is 384 g/mol. The van der Waals surface area contributed by atoms with E-state index < -0.39 is 34.8 Å². The highest BCUT2D eigenvalue weighted by atomic mass is 16.5. The molecule has 2 aromatic rings. The summed E-state index contributed by atoms with van der Waals surface area (Å²) in [5.74, 6) is -2.12. The Balaban J connectivity index is 2.04. The number of phenolic OH excluding ortho intramolecular Hbond substituents is 2. The van der Waals surface area contributed by atoms with Crippen molar-refractivity contribution >= 4 is 11.6 Å². The van der Waals surface area contributed by atoms with Gasteiger partial charge >= 0.3 is 0 Å². The third kappa shape index (κ3) is 2.17. The van der Waals surface area contributed by atoms with Gasteiger partial charge in [0.15, 0.2) is 5.78 Å². The second kappa shape index (κ2) is 6.05. The molecule has 0 radical (unpaired) electrons. The average Bonchev–Trinajstić information content (AvgIpc) is 2.70. The van der Waals surface area contributed by atoms with Gasteiger partial charge in [0.05, 0.1) is 29.4 Å². The molecule has 0 bridgehead atoms. The van der Waals surface area contributed by atoms with Gasteiger partial charge in [-0.1, -0.05) is 19.1 Å². The van der Waals surface area contributed by atoms with Crippen molar-refractivity contribution < 1.29 is 34.8 Å². The number of fused-ring (bicyclic) bond motifs is 3. The van der Waals surface area contributed by atoms with Crippen LogP contribution in [-0.4, -0.2) is 44.7 Å². The standard InChI is InChI=1S/C21H20O7/c1-3-21(27)8-7-10-13(20(21)26)19(25)15-14(17(10)23)18(24)12-9(16(15)22)5-4-6-11(12)28-2/h4-6,20,23,25-27H,3,7-8H2,1-2H3/t20-,21-/m1/s1. The van der Waals surface area contributed by atoms with Crippen molar-refractivity contribution in [2.24, 2.45) is 0 Å². The summed E-state index contributed by atoms with van der Waals surface area (Å²) in [5, 5.41) is 43.0. The van der Waals surface area contributed by atoms with Crippen LogP contribution in [0.3, 0.4) is 0 Å². The molecule has 4 N–H and O–H groups in total. The Morgan fingerprint density at radius 1 is 1.11 bits per heavy atom. The van der Waals surface area contributed by atoms with Crippen LogP contribution in [0.4, 0.5) is 0 Å². The highest BCUT2D eigenvalue weighted by Gasteiger charge is 2.46. The fraction of sp³-hybridized carbons (Fsp3) is 0.333. The largest absolute Gasteiger partial charge is 0.507 e. The zero-order chi connectivity index (χ0) is 20.4. The van der Waals surface area contributed by atoms with Gasteiger partial charge in [-0.15, -0.1) is 0 Å². The number of aliphatic hydroxyl groups is 2. The monoisotopic (exact) mass is 384 g/mol. The number of aliphatic hydroxyl groups excluding tert-OH is 1. The van der Waals surface area contributed by atoms with E-state index >= 15 is 0 Å². The number of carbonyl (C=O) groups is 2. The molecule has 146 valence electrons. The lowest BCUT2D eigenvalue weighted by Gasteiger charge is -2.39. The quantitative estimate of drug-likeness (QED) is 0.498. The van der Waals surface area contributed by atoms with Gasteiger partial charge in [0.2, 0.25) is 5.78 Å². The summed E-state index contributed by atoms with van der Waals surface area (Å²) in [5.41, 5.74) is -2.01. The van der Waals surface area contributed by atoms with Crippen molar-refractivity contribution in [3.05, 3.63) is 51.6 Å². The van der Waals surface area contributed by atoms with Gasteiger partial charge in [-0.3, -0.25) is 9.59 Å². The van der Waals surface area contributed by atoms with Crippen molar-refractivity contribution in [1.29, 1.82) is 0 Å². The van der Waals surface area contributed by atoms with Crippen molar-refractivity contribution in [3.8, 4) is 17.2 Å². The molecule has 0 fully saturated rings. The lowest BCUT2D eigenvalue weighted by Crippen LogP contribution is -2.40. The lowest BCUT2D eigenvalue weighted by atomic mass is 9.72. The van der Waals surface area contributed by atoms with Gasteiger partial charge in [-0.05, 0) is 25.3 Å². The fourth-order valence-corrected chi connectivity index (χ4v) is 4.28. The summed E-state index contributed by atoms with van der Waals surface area (Å²) < 4.78 is 5.20. The van der Waals surface area contributed by atoms with Crippen LogP contribution in [-0.2, 0) is 6.42 Å². The van der Waals surface area contributed by atoms with Crippen LogP contribution >= 0.6 is 0 Å². The smallest absolute Gasteiger partial charge is 0.202 e. The minimum absolute atomic E-state index is 0.0265. The zero-order valence-electron chi connectivity index (χ0n) is 15.4. The summed E-state index contributed by atoms with van der Waals surface area (Å²) in [6.45, 7) is 1.70. The molecule has 0 aliphatic heterocycles. The summed E-state index contributed by atoms with van der Waals surface area (Å²) in [4.78, 5) is 26.2. The number of carbonyl (C=O) groups excluding carboxylic acids is 2. The Hall–Kier alpha value is -2.90. The number of hydrogen-bond acceptors (Lipinski definition) is 7. The molecule has 0 spiro atoms. The van der Waals surface area contributed by atoms with E-state index in [1.807, 2.05) is 0 Å². The topological polar surface area (TPSA) is 124 Å². The Bertz CT molecular complexity index is 1040. The highest BCUT2D eigenvalue weighted by molar-refractivity contribution is 6.31. The third-order valence-corrected chi connectivity index (χ3v) is 5.96. The van der Waals surface area contributed by atoms with Gasteiger partial charge in [0.25, 0.3) is 0 Å². The molecule has 0 unspecified atom stereocenters. The first kappa shape index (κ1) is 18.5. The van der Waals surface area contributed by atoms with Crippen molar-refractivity contribution in [2.45, 2.75) is 37.9 Å². The van der Waals surface area contributed by atoms with E-state index in [2.05, 4.69) is 0 Å². The van der Waals surface area contributed by atoms with E-state index in [0.29, 0.717) is 0 Å². The van der Waals surface area contributed by atoms with Crippen LogP contribution in [0.1, 0.15) is 68.8 Å². The van der Waals surface area contributed by atoms with E-state index in [9.17, 15) is 30.0 Å². The first-order chi connectivity index (χ1) is 13.3. The van der Waals surface area contributed by atoms with E-state index in [4.69, 9.17) is 4.74 Å². The second-order valence-corrected chi connectivity index (χ2v) is 7.24. The number of ketones is 2. The van der Waals surface area contributed by atoms with Crippen molar-refractivity contribution in [3.63, 3.8) is 0 Å². The summed E-state index contributed by atoms with van der Waals surface area (Å²) >= 11 is 0. The molecule has 0 saturated heterocycles. The van der Waals surface area contributed by atoms with Gasteiger partial charge < -0.3 is 25.2 Å². The number of phenols is 2. The van der Waals surface area contributed by atoms with E-state index in [0.717, 1.165) is 0 Å². The van der Waals surface area contributed by atoms with Crippen LogP contribution in [0.2, 0.25) is 0 Å². The van der Waals surface area contributed by atoms with Gasteiger partial charge in [0.1, 0.15) is 23.4 Å². The summed E-state index contributed by atoms with van der Waals surface area (Å²) in [7, 11) is 1.37. The maximum atomic E-state index is 13.1. The van der Waals surface area contributed by atoms with Gasteiger partial charge in [-0.25, -0.2) is 0 Å². The van der Waals surface area contributed by atoms with Crippen molar-refractivity contribution in [2.75, 3.05) is 7.11 Å². The molecule has 7 heteroatoms. The highest BCUT2D eigenvalue weighted by Crippen LogP contribution is 2.51. The second-order valence-electron chi connectivity index (χ2n) is 7.24. The number of ether oxygens (including phenoxy) is 1. The van der Waals surface area contributed by atoms with E-state index in [1.165, 1.54) is 19.2 Å². The maximum absolute atomic E-state index is 13.1. The Labute approximate surface area is 160 Å². The molecular formula is C21H20O7. The van der Waals surface area contributed by atoms with E-state index in [1.54, 1.807) is 13.0 Å². The first-order valence-electron chi connectivity index (χ1n) is 9.04. The number of benzene rings is 2. The molecule has 4 rings (SSSR count). The minimum Gasteiger partial charge on any atom is -0.507 e. The first-order valence-corrected chi connectivity index (χ1v) is 9.04. The minimum atomic E-state index is -1.49. The van der Waals surface area contributed by atoms with Crippen LogP contribution in [0.5, 0.6) is 17.2 Å². The number of rotatable bonds is 2. The molecule has 0 heterocycles. The predicted octanol–water partition coefficient (Wildman–Crippen LogP) is 2.00. The van der Waals surface area contributed by atoms with Gasteiger partial charge in [-0.2, -0.15) is 0 Å².